The van der Waals surface area contributed by atoms with Gasteiger partial charge in [-0.15, -0.1) is 0 Å². The third kappa shape index (κ3) is 4.08. The zero-order valence-corrected chi connectivity index (χ0v) is 16.6. The van der Waals surface area contributed by atoms with Gasteiger partial charge in [0.15, 0.2) is 16.7 Å². The standard InChI is InChI=1S/C20H17N3O6S/c1-23-17(24)9-16(18(25)21-12-4-2-11(3-5-12)19(26)27)30-20(23)22-13-6-7-14-15(8-13)29-10-28-14/h2-8,16H,9-10H2,1H3,(H,21,25)(H,26,27). The summed E-state index contributed by atoms with van der Waals surface area (Å²) < 4.78 is 10.6. The van der Waals surface area contributed by atoms with E-state index in [1.165, 1.54) is 40.9 Å². The SMILES string of the molecule is CN1C(=O)CC(C(=O)Nc2ccc(C(=O)O)cc2)SC1=Nc1ccc2c(c1)OCO2. The zero-order valence-electron chi connectivity index (χ0n) is 15.8. The van der Waals surface area contributed by atoms with E-state index in [1.54, 1.807) is 25.2 Å². The summed E-state index contributed by atoms with van der Waals surface area (Å²) in [6.07, 6.45) is 0.0281. The fourth-order valence-corrected chi connectivity index (χ4v) is 3.95. The molecule has 9 nitrogen and oxygen atoms in total. The van der Waals surface area contributed by atoms with E-state index >= 15 is 0 Å². The molecule has 2 aliphatic rings. The maximum absolute atomic E-state index is 12.7. The number of aliphatic imine (C=N–C) groups is 1. The van der Waals surface area contributed by atoms with Crippen LogP contribution in [-0.2, 0) is 9.59 Å². The molecule has 4 rings (SSSR count). The first-order valence-corrected chi connectivity index (χ1v) is 9.84. The van der Waals surface area contributed by atoms with Crippen molar-refractivity contribution in [1.29, 1.82) is 0 Å². The first-order valence-electron chi connectivity index (χ1n) is 8.96. The molecule has 1 atom stereocenters. The number of nitrogens with zero attached hydrogens (tertiary/aromatic N) is 2. The van der Waals surface area contributed by atoms with Gasteiger partial charge in [0, 0.05) is 25.2 Å². The minimum Gasteiger partial charge on any atom is -0.478 e. The van der Waals surface area contributed by atoms with E-state index in [0.29, 0.717) is 28.0 Å². The molecule has 0 radical (unpaired) electrons. The maximum Gasteiger partial charge on any atom is 0.335 e. The maximum atomic E-state index is 12.7. The summed E-state index contributed by atoms with van der Waals surface area (Å²) in [6, 6.07) is 11.0. The molecule has 2 aromatic rings. The third-order valence-electron chi connectivity index (χ3n) is 4.54. The number of nitrogens with one attached hydrogen (secondary N) is 1. The van der Waals surface area contributed by atoms with E-state index in [4.69, 9.17) is 14.6 Å². The number of carboxylic acid groups (broad SMARTS) is 1. The van der Waals surface area contributed by atoms with Gasteiger partial charge in [-0.3, -0.25) is 14.5 Å². The van der Waals surface area contributed by atoms with Crippen molar-refractivity contribution in [3.63, 3.8) is 0 Å². The van der Waals surface area contributed by atoms with Gasteiger partial charge in [0.05, 0.1) is 11.3 Å². The van der Waals surface area contributed by atoms with Gasteiger partial charge in [0.2, 0.25) is 18.6 Å². The lowest BCUT2D eigenvalue weighted by molar-refractivity contribution is -0.128. The Hall–Kier alpha value is -3.53. The van der Waals surface area contributed by atoms with Gasteiger partial charge in [-0.25, -0.2) is 9.79 Å². The van der Waals surface area contributed by atoms with E-state index < -0.39 is 11.2 Å². The second-order valence-electron chi connectivity index (χ2n) is 6.57. The van der Waals surface area contributed by atoms with Crippen LogP contribution in [0.1, 0.15) is 16.8 Å². The Kier molecular flexibility index (Phi) is 5.32. The molecule has 2 N–H and O–H groups in total. The predicted octanol–water partition coefficient (Wildman–Crippen LogP) is 2.70. The molecule has 1 saturated heterocycles. The van der Waals surface area contributed by atoms with Crippen molar-refractivity contribution < 1.29 is 29.0 Å². The summed E-state index contributed by atoms with van der Waals surface area (Å²) >= 11 is 1.18. The van der Waals surface area contributed by atoms with E-state index in [1.807, 2.05) is 0 Å². The summed E-state index contributed by atoms with van der Waals surface area (Å²) in [5, 5.41) is 11.4. The van der Waals surface area contributed by atoms with Crippen LogP contribution >= 0.6 is 11.8 Å². The van der Waals surface area contributed by atoms with Crippen molar-refractivity contribution in [3.8, 4) is 11.5 Å². The van der Waals surface area contributed by atoms with Gasteiger partial charge in [0.25, 0.3) is 0 Å². The summed E-state index contributed by atoms with van der Waals surface area (Å²) in [5.41, 5.74) is 1.15. The molecule has 2 heterocycles. The number of benzene rings is 2. The number of amides is 2. The molecule has 2 aromatic carbocycles. The Morgan fingerprint density at radius 1 is 1.17 bits per heavy atom. The highest BCUT2D eigenvalue weighted by Gasteiger charge is 2.34. The molecule has 10 heteroatoms. The number of thioether (sulfide) groups is 1. The Labute approximate surface area is 175 Å². The number of ether oxygens (including phenoxy) is 2. The molecule has 154 valence electrons. The summed E-state index contributed by atoms with van der Waals surface area (Å²) in [7, 11) is 1.61. The van der Waals surface area contributed by atoms with Crippen LogP contribution in [0, 0.1) is 0 Å². The molecule has 0 aliphatic carbocycles. The van der Waals surface area contributed by atoms with E-state index in [9.17, 15) is 14.4 Å². The van der Waals surface area contributed by atoms with Gasteiger partial charge in [-0.05, 0) is 36.4 Å². The molecule has 2 amide bonds. The van der Waals surface area contributed by atoms with Crippen LogP contribution in [0.5, 0.6) is 11.5 Å². The molecular weight excluding hydrogens is 410 g/mol. The summed E-state index contributed by atoms with van der Waals surface area (Å²) in [6.45, 7) is 0.151. The molecule has 0 spiro atoms. The van der Waals surface area contributed by atoms with Gasteiger partial charge < -0.3 is 19.9 Å². The fourth-order valence-electron chi connectivity index (χ4n) is 2.88. The number of fused-ring (bicyclic) bond motifs is 1. The van der Waals surface area contributed by atoms with Gasteiger partial charge >= 0.3 is 5.97 Å². The average molecular weight is 427 g/mol. The normalized spacial score (nSPS) is 19.1. The number of rotatable bonds is 4. The second kappa shape index (κ2) is 8.07. The van der Waals surface area contributed by atoms with Crippen molar-refractivity contribution >= 4 is 46.1 Å². The molecule has 0 bridgehead atoms. The van der Waals surface area contributed by atoms with Crippen LogP contribution < -0.4 is 14.8 Å². The molecule has 0 aromatic heterocycles. The molecule has 1 unspecified atom stereocenters. The topological polar surface area (TPSA) is 118 Å². The third-order valence-corrected chi connectivity index (χ3v) is 5.78. The van der Waals surface area contributed by atoms with Crippen LogP contribution in [0.4, 0.5) is 11.4 Å². The van der Waals surface area contributed by atoms with Crippen molar-refractivity contribution in [2.45, 2.75) is 11.7 Å². The summed E-state index contributed by atoms with van der Waals surface area (Å²) in [5.74, 6) is -0.428. The highest BCUT2D eigenvalue weighted by Crippen LogP contribution is 2.36. The number of aromatic carboxylic acids is 1. The van der Waals surface area contributed by atoms with Crippen LogP contribution in [0.2, 0.25) is 0 Å². The van der Waals surface area contributed by atoms with Crippen LogP contribution in [-0.4, -0.2) is 52.0 Å². The van der Waals surface area contributed by atoms with E-state index in [2.05, 4.69) is 10.3 Å². The van der Waals surface area contributed by atoms with Crippen molar-refractivity contribution in [1.82, 2.24) is 4.90 Å². The lowest BCUT2D eigenvalue weighted by Gasteiger charge is -2.28. The van der Waals surface area contributed by atoms with Gasteiger partial charge in [0.1, 0.15) is 5.25 Å². The number of hydrogen-bond donors (Lipinski definition) is 2. The van der Waals surface area contributed by atoms with Crippen molar-refractivity contribution in [2.75, 3.05) is 19.2 Å². The van der Waals surface area contributed by atoms with Crippen LogP contribution in [0.3, 0.4) is 0 Å². The number of carbonyl (C=O) groups is 3. The minimum absolute atomic E-state index is 0.0281. The summed E-state index contributed by atoms with van der Waals surface area (Å²) in [4.78, 5) is 41.9. The van der Waals surface area contributed by atoms with Gasteiger partial charge in [-0.1, -0.05) is 11.8 Å². The number of carboxylic acids is 1. The lowest BCUT2D eigenvalue weighted by atomic mass is 10.2. The number of hydrogen-bond acceptors (Lipinski definition) is 7. The minimum atomic E-state index is -1.05. The number of anilines is 1. The van der Waals surface area contributed by atoms with Crippen molar-refractivity contribution in [3.05, 3.63) is 48.0 Å². The Balaban J connectivity index is 1.50. The number of amidine groups is 1. The molecule has 2 aliphatic heterocycles. The lowest BCUT2D eigenvalue weighted by Crippen LogP contribution is -2.43. The van der Waals surface area contributed by atoms with E-state index in [0.717, 1.165) is 0 Å². The Bertz CT molecular complexity index is 1050. The molecule has 30 heavy (non-hydrogen) atoms. The van der Waals surface area contributed by atoms with Gasteiger partial charge in [-0.2, -0.15) is 0 Å². The number of carbonyl (C=O) groups excluding carboxylic acids is 2. The highest BCUT2D eigenvalue weighted by molar-refractivity contribution is 8.15. The monoisotopic (exact) mass is 427 g/mol. The largest absolute Gasteiger partial charge is 0.478 e. The Morgan fingerprint density at radius 3 is 2.63 bits per heavy atom. The first-order chi connectivity index (χ1) is 14.4. The smallest absolute Gasteiger partial charge is 0.335 e. The van der Waals surface area contributed by atoms with Crippen LogP contribution in [0.15, 0.2) is 47.5 Å². The van der Waals surface area contributed by atoms with E-state index in [-0.39, 0.29) is 30.6 Å². The highest BCUT2D eigenvalue weighted by atomic mass is 32.2. The second-order valence-corrected chi connectivity index (χ2v) is 7.74. The zero-order chi connectivity index (χ0) is 21.3. The fraction of sp³-hybridized carbons (Fsp3) is 0.200. The average Bonchev–Trinajstić information content (AvgIpc) is 3.19. The first kappa shape index (κ1) is 19.8. The van der Waals surface area contributed by atoms with Crippen molar-refractivity contribution in [2.24, 2.45) is 4.99 Å². The molecule has 0 saturated carbocycles. The van der Waals surface area contributed by atoms with Crippen LogP contribution in [0.25, 0.3) is 0 Å². The molecular formula is C20H17N3O6S. The molecule has 1 fully saturated rings. The quantitative estimate of drug-likeness (QED) is 0.770. The predicted molar refractivity (Wildman–Crippen MR) is 110 cm³/mol. The Morgan fingerprint density at radius 2 is 1.90 bits per heavy atom.